The summed E-state index contributed by atoms with van der Waals surface area (Å²) in [5.74, 6) is 0.290. The van der Waals surface area contributed by atoms with E-state index in [9.17, 15) is 13.2 Å². The molecule has 0 aromatic heterocycles. The van der Waals surface area contributed by atoms with Crippen molar-refractivity contribution in [3.63, 3.8) is 0 Å². The SMILES string of the molecule is Nc1ccccc1SCCS(=O)(=O)NC1CNC(=O)C1. The molecule has 0 aliphatic carbocycles. The van der Waals surface area contributed by atoms with Crippen molar-refractivity contribution in [2.24, 2.45) is 0 Å². The van der Waals surface area contributed by atoms with Gasteiger partial charge in [-0.3, -0.25) is 4.79 Å². The third-order valence-corrected chi connectivity index (χ3v) is 5.64. The summed E-state index contributed by atoms with van der Waals surface area (Å²) >= 11 is 1.41. The number of benzene rings is 1. The quantitative estimate of drug-likeness (QED) is 0.513. The number of carbonyl (C=O) groups is 1. The van der Waals surface area contributed by atoms with E-state index in [0.29, 0.717) is 18.0 Å². The number of sulfonamides is 1. The lowest BCUT2D eigenvalue weighted by molar-refractivity contribution is -0.119. The summed E-state index contributed by atoms with van der Waals surface area (Å²) in [5.41, 5.74) is 6.43. The highest BCUT2D eigenvalue weighted by molar-refractivity contribution is 8.00. The molecule has 1 aromatic rings. The van der Waals surface area contributed by atoms with Crippen LogP contribution in [0.1, 0.15) is 6.42 Å². The van der Waals surface area contributed by atoms with Gasteiger partial charge in [-0.25, -0.2) is 13.1 Å². The van der Waals surface area contributed by atoms with Crippen molar-refractivity contribution in [3.05, 3.63) is 24.3 Å². The molecule has 1 aromatic carbocycles. The molecule has 1 saturated heterocycles. The molecule has 6 nitrogen and oxygen atoms in total. The second kappa shape index (κ2) is 6.47. The number of hydrogen-bond donors (Lipinski definition) is 3. The fraction of sp³-hybridized carbons (Fsp3) is 0.417. The lowest BCUT2D eigenvalue weighted by Crippen LogP contribution is -2.38. The van der Waals surface area contributed by atoms with Crippen molar-refractivity contribution in [3.8, 4) is 0 Å². The smallest absolute Gasteiger partial charge is 0.221 e. The molecular formula is C12H17N3O3S2. The number of para-hydroxylation sites is 1. The first-order valence-electron chi connectivity index (χ1n) is 6.20. The molecule has 4 N–H and O–H groups in total. The van der Waals surface area contributed by atoms with Gasteiger partial charge in [-0.05, 0) is 12.1 Å². The topological polar surface area (TPSA) is 101 Å². The van der Waals surface area contributed by atoms with Crippen molar-refractivity contribution in [2.45, 2.75) is 17.4 Å². The molecule has 1 fully saturated rings. The summed E-state index contributed by atoms with van der Waals surface area (Å²) in [7, 11) is -3.38. The van der Waals surface area contributed by atoms with E-state index >= 15 is 0 Å². The first-order valence-corrected chi connectivity index (χ1v) is 8.84. The van der Waals surface area contributed by atoms with Crippen molar-refractivity contribution >= 4 is 33.4 Å². The largest absolute Gasteiger partial charge is 0.398 e. The lowest BCUT2D eigenvalue weighted by Gasteiger charge is -2.11. The van der Waals surface area contributed by atoms with Gasteiger partial charge in [0, 0.05) is 35.3 Å². The Morgan fingerprint density at radius 1 is 1.40 bits per heavy atom. The Labute approximate surface area is 122 Å². The first kappa shape index (κ1) is 15.1. The van der Waals surface area contributed by atoms with Gasteiger partial charge < -0.3 is 11.1 Å². The number of nitrogen functional groups attached to an aromatic ring is 1. The first-order chi connectivity index (χ1) is 9.46. The Morgan fingerprint density at radius 2 is 2.15 bits per heavy atom. The van der Waals surface area contributed by atoms with Gasteiger partial charge in [-0.1, -0.05) is 12.1 Å². The zero-order chi connectivity index (χ0) is 14.6. The molecule has 0 saturated carbocycles. The van der Waals surface area contributed by atoms with Crippen LogP contribution in [0.4, 0.5) is 5.69 Å². The highest BCUT2D eigenvalue weighted by Gasteiger charge is 2.25. The number of thioether (sulfide) groups is 1. The highest BCUT2D eigenvalue weighted by Crippen LogP contribution is 2.24. The second-order valence-corrected chi connectivity index (χ2v) is 7.54. The number of anilines is 1. The van der Waals surface area contributed by atoms with E-state index in [1.165, 1.54) is 11.8 Å². The summed E-state index contributed by atoms with van der Waals surface area (Å²) in [6, 6.07) is 7.01. The summed E-state index contributed by atoms with van der Waals surface area (Å²) in [4.78, 5) is 11.9. The molecule has 1 aliphatic rings. The Bertz CT molecular complexity index is 589. The van der Waals surface area contributed by atoms with Gasteiger partial charge in [0.05, 0.1) is 5.75 Å². The minimum absolute atomic E-state index is 0.00328. The molecule has 20 heavy (non-hydrogen) atoms. The van der Waals surface area contributed by atoms with Gasteiger partial charge in [-0.15, -0.1) is 11.8 Å². The number of rotatable bonds is 6. The van der Waals surface area contributed by atoms with Crippen LogP contribution in [-0.4, -0.2) is 38.4 Å². The van der Waals surface area contributed by atoms with Crippen LogP contribution in [-0.2, 0) is 14.8 Å². The number of nitrogens with one attached hydrogen (secondary N) is 2. The zero-order valence-corrected chi connectivity index (χ0v) is 12.5. The Morgan fingerprint density at radius 3 is 2.80 bits per heavy atom. The maximum Gasteiger partial charge on any atom is 0.221 e. The van der Waals surface area contributed by atoms with Crippen LogP contribution in [0.5, 0.6) is 0 Å². The molecule has 110 valence electrons. The molecular weight excluding hydrogens is 298 g/mol. The standard InChI is InChI=1S/C12H17N3O3S2/c13-10-3-1-2-4-11(10)19-5-6-20(17,18)15-9-7-12(16)14-8-9/h1-4,9,15H,5-8,13H2,(H,14,16). The van der Waals surface area contributed by atoms with Crippen LogP contribution in [0.3, 0.4) is 0 Å². The fourth-order valence-electron chi connectivity index (χ4n) is 1.87. The average molecular weight is 315 g/mol. The van der Waals surface area contributed by atoms with Crippen LogP contribution < -0.4 is 15.8 Å². The molecule has 0 bridgehead atoms. The Balaban J connectivity index is 1.81. The summed E-state index contributed by atoms with van der Waals surface area (Å²) in [6.45, 7) is 0.358. The minimum Gasteiger partial charge on any atom is -0.398 e. The predicted molar refractivity (Wildman–Crippen MR) is 79.9 cm³/mol. The van der Waals surface area contributed by atoms with Crippen LogP contribution in [0.25, 0.3) is 0 Å². The molecule has 0 spiro atoms. The molecule has 8 heteroatoms. The number of carbonyl (C=O) groups excluding carboxylic acids is 1. The average Bonchev–Trinajstić information content (AvgIpc) is 2.76. The van der Waals surface area contributed by atoms with Crippen LogP contribution in [0.2, 0.25) is 0 Å². The monoisotopic (exact) mass is 315 g/mol. The minimum atomic E-state index is -3.38. The molecule has 0 radical (unpaired) electrons. The fourth-order valence-corrected chi connectivity index (χ4v) is 4.51. The van der Waals surface area contributed by atoms with Crippen LogP contribution in [0.15, 0.2) is 29.2 Å². The normalized spacial score (nSPS) is 19.0. The highest BCUT2D eigenvalue weighted by atomic mass is 32.2. The van der Waals surface area contributed by atoms with E-state index in [1.807, 2.05) is 18.2 Å². The van der Waals surface area contributed by atoms with Gasteiger partial charge in [0.15, 0.2) is 0 Å². The van der Waals surface area contributed by atoms with E-state index < -0.39 is 10.0 Å². The molecule has 1 unspecified atom stereocenters. The third kappa shape index (κ3) is 4.39. The van der Waals surface area contributed by atoms with Gasteiger partial charge in [0.1, 0.15) is 0 Å². The number of hydrogen-bond acceptors (Lipinski definition) is 5. The Kier molecular flexibility index (Phi) is 4.90. The van der Waals surface area contributed by atoms with E-state index in [-0.39, 0.29) is 24.1 Å². The van der Waals surface area contributed by atoms with Crippen molar-refractivity contribution < 1.29 is 13.2 Å². The summed E-state index contributed by atoms with van der Waals surface area (Å²) in [6.07, 6.45) is 0.206. The molecule has 2 rings (SSSR count). The van der Waals surface area contributed by atoms with Gasteiger partial charge in [0.2, 0.25) is 15.9 Å². The van der Waals surface area contributed by atoms with Gasteiger partial charge in [0.25, 0.3) is 0 Å². The maximum absolute atomic E-state index is 11.9. The predicted octanol–water partition coefficient (Wildman–Crippen LogP) is 0.169. The van der Waals surface area contributed by atoms with E-state index in [0.717, 1.165) is 4.90 Å². The molecule has 1 aliphatic heterocycles. The van der Waals surface area contributed by atoms with Crippen molar-refractivity contribution in [1.82, 2.24) is 10.0 Å². The van der Waals surface area contributed by atoms with Crippen molar-refractivity contribution in [2.75, 3.05) is 23.8 Å². The van der Waals surface area contributed by atoms with Gasteiger partial charge in [-0.2, -0.15) is 0 Å². The summed E-state index contributed by atoms with van der Waals surface area (Å²) < 4.78 is 26.3. The lowest BCUT2D eigenvalue weighted by atomic mass is 10.3. The van der Waals surface area contributed by atoms with Gasteiger partial charge >= 0.3 is 0 Å². The summed E-state index contributed by atoms with van der Waals surface area (Å²) in [5, 5.41) is 2.59. The van der Waals surface area contributed by atoms with Crippen LogP contribution >= 0.6 is 11.8 Å². The van der Waals surface area contributed by atoms with Crippen molar-refractivity contribution in [1.29, 1.82) is 0 Å². The Hall–Kier alpha value is -1.25. The third-order valence-electron chi connectivity index (χ3n) is 2.85. The molecule has 1 amide bonds. The molecule has 1 heterocycles. The van der Waals surface area contributed by atoms with E-state index in [4.69, 9.17) is 5.73 Å². The number of amides is 1. The van der Waals surface area contributed by atoms with E-state index in [1.54, 1.807) is 6.07 Å². The van der Waals surface area contributed by atoms with E-state index in [2.05, 4.69) is 10.0 Å². The maximum atomic E-state index is 11.9. The zero-order valence-electron chi connectivity index (χ0n) is 10.8. The number of nitrogens with two attached hydrogens (primary N) is 1. The van der Waals surface area contributed by atoms with Crippen LogP contribution in [0, 0.1) is 0 Å². The molecule has 1 atom stereocenters. The second-order valence-electron chi connectivity index (χ2n) is 4.53.